The van der Waals surface area contributed by atoms with Crippen LogP contribution in [0, 0.1) is 0 Å². The van der Waals surface area contributed by atoms with E-state index in [2.05, 4.69) is 6.58 Å². The fourth-order valence-electron chi connectivity index (χ4n) is 0.389. The first kappa shape index (κ1) is 7.66. The molecule has 0 aromatic rings. The van der Waals surface area contributed by atoms with Crippen LogP contribution < -0.4 is 5.73 Å². The molecule has 48 valence electrons. The normalized spacial score (nSPS) is 17.4. The molecule has 2 nitrogen and oxygen atoms in total. The molecule has 0 aliphatic rings. The third-order valence-corrected chi connectivity index (χ3v) is 1.06. The van der Waals surface area contributed by atoms with E-state index in [-0.39, 0.29) is 6.04 Å². The molecule has 2 heteroatoms. The number of hydrogen-bond acceptors (Lipinski definition) is 2. The molecule has 0 saturated carbocycles. The Balaban J connectivity index is 3.30. The minimum atomic E-state index is -0.423. The molecule has 0 aliphatic heterocycles. The minimum Gasteiger partial charge on any atom is -0.392 e. The van der Waals surface area contributed by atoms with Gasteiger partial charge in [-0.1, -0.05) is 6.08 Å². The largest absolute Gasteiger partial charge is 0.392 e. The summed E-state index contributed by atoms with van der Waals surface area (Å²) in [6.45, 7) is 5.17. The molecule has 8 heavy (non-hydrogen) atoms. The van der Waals surface area contributed by atoms with Crippen molar-refractivity contribution in [2.45, 2.75) is 25.5 Å². The Morgan fingerprint density at radius 2 is 2.38 bits per heavy atom. The van der Waals surface area contributed by atoms with E-state index in [0.29, 0.717) is 6.42 Å². The average molecular weight is 115 g/mol. The van der Waals surface area contributed by atoms with Gasteiger partial charge >= 0.3 is 0 Å². The summed E-state index contributed by atoms with van der Waals surface area (Å²) >= 11 is 0. The number of hydrogen-bond donors (Lipinski definition) is 2. The van der Waals surface area contributed by atoms with Crippen molar-refractivity contribution < 1.29 is 5.11 Å². The first-order chi connectivity index (χ1) is 3.68. The highest BCUT2D eigenvalue weighted by Crippen LogP contribution is 1.93. The van der Waals surface area contributed by atoms with E-state index in [1.165, 1.54) is 0 Å². The van der Waals surface area contributed by atoms with Gasteiger partial charge in [-0.25, -0.2) is 0 Å². The molecule has 0 heterocycles. The second-order valence-electron chi connectivity index (χ2n) is 1.93. The minimum absolute atomic E-state index is 0.146. The van der Waals surface area contributed by atoms with Crippen molar-refractivity contribution in [1.82, 2.24) is 0 Å². The number of aliphatic hydroxyl groups is 1. The molecule has 2 atom stereocenters. The van der Waals surface area contributed by atoms with Gasteiger partial charge in [-0.3, -0.25) is 0 Å². The van der Waals surface area contributed by atoms with Crippen LogP contribution in [-0.2, 0) is 0 Å². The van der Waals surface area contributed by atoms with Crippen molar-refractivity contribution in [3.05, 3.63) is 12.7 Å². The van der Waals surface area contributed by atoms with E-state index in [9.17, 15) is 0 Å². The predicted molar refractivity (Wildman–Crippen MR) is 34.5 cm³/mol. The van der Waals surface area contributed by atoms with Crippen molar-refractivity contribution in [3.63, 3.8) is 0 Å². The van der Waals surface area contributed by atoms with E-state index in [0.717, 1.165) is 0 Å². The monoisotopic (exact) mass is 115 g/mol. The number of aliphatic hydroxyl groups excluding tert-OH is 1. The van der Waals surface area contributed by atoms with E-state index >= 15 is 0 Å². The Labute approximate surface area is 50.0 Å². The molecule has 0 spiro atoms. The Hall–Kier alpha value is -0.340. The lowest BCUT2D eigenvalue weighted by molar-refractivity contribution is 0.164. The van der Waals surface area contributed by atoms with Gasteiger partial charge in [-0.2, -0.15) is 0 Å². The van der Waals surface area contributed by atoms with Gasteiger partial charge in [0.1, 0.15) is 0 Å². The van der Waals surface area contributed by atoms with E-state index in [1.54, 1.807) is 13.0 Å². The quantitative estimate of drug-likeness (QED) is 0.519. The molecular formula is C6H13NO. The van der Waals surface area contributed by atoms with Gasteiger partial charge in [0.25, 0.3) is 0 Å². The topological polar surface area (TPSA) is 46.2 Å². The van der Waals surface area contributed by atoms with Gasteiger partial charge in [0.15, 0.2) is 0 Å². The summed E-state index contributed by atoms with van der Waals surface area (Å²) in [7, 11) is 0. The molecule has 0 amide bonds. The third-order valence-electron chi connectivity index (χ3n) is 1.06. The lowest BCUT2D eigenvalue weighted by atomic mass is 10.1. The molecule has 0 bridgehead atoms. The molecule has 0 aromatic heterocycles. The van der Waals surface area contributed by atoms with E-state index in [4.69, 9.17) is 10.8 Å². The lowest BCUT2D eigenvalue weighted by Gasteiger charge is -2.10. The molecule has 0 aliphatic carbocycles. The zero-order valence-corrected chi connectivity index (χ0v) is 5.17. The summed E-state index contributed by atoms with van der Waals surface area (Å²) in [5, 5.41) is 8.78. The van der Waals surface area contributed by atoms with Crippen LogP contribution in [0.4, 0.5) is 0 Å². The highest BCUT2D eigenvalue weighted by molar-refractivity contribution is 4.78. The highest BCUT2D eigenvalue weighted by atomic mass is 16.3. The van der Waals surface area contributed by atoms with Crippen molar-refractivity contribution >= 4 is 0 Å². The maximum atomic E-state index is 8.78. The van der Waals surface area contributed by atoms with Crippen LogP contribution in [-0.4, -0.2) is 17.3 Å². The van der Waals surface area contributed by atoms with Crippen LogP contribution in [0.3, 0.4) is 0 Å². The molecule has 0 saturated heterocycles. The van der Waals surface area contributed by atoms with E-state index in [1.807, 2.05) is 0 Å². The molecule has 3 N–H and O–H groups in total. The van der Waals surface area contributed by atoms with Crippen molar-refractivity contribution in [3.8, 4) is 0 Å². The second kappa shape index (κ2) is 3.64. The van der Waals surface area contributed by atoms with Crippen LogP contribution >= 0.6 is 0 Å². The third kappa shape index (κ3) is 2.77. The van der Waals surface area contributed by atoms with Crippen LogP contribution in [0.1, 0.15) is 13.3 Å². The smallest absolute Gasteiger partial charge is 0.0666 e. The van der Waals surface area contributed by atoms with Crippen molar-refractivity contribution in [2.24, 2.45) is 5.73 Å². The fraction of sp³-hybridized carbons (Fsp3) is 0.667. The van der Waals surface area contributed by atoms with Crippen molar-refractivity contribution in [1.29, 1.82) is 0 Å². The average Bonchev–Trinajstić information content (AvgIpc) is 1.67. The van der Waals surface area contributed by atoms with Gasteiger partial charge in [0, 0.05) is 6.04 Å². The van der Waals surface area contributed by atoms with Crippen LogP contribution in [0.15, 0.2) is 12.7 Å². The summed E-state index contributed by atoms with van der Waals surface area (Å²) in [5.41, 5.74) is 5.41. The van der Waals surface area contributed by atoms with E-state index < -0.39 is 6.10 Å². The molecule has 1 unspecified atom stereocenters. The molecular weight excluding hydrogens is 102 g/mol. The fourth-order valence-corrected chi connectivity index (χ4v) is 0.389. The van der Waals surface area contributed by atoms with Crippen molar-refractivity contribution in [2.75, 3.05) is 0 Å². The first-order valence-electron chi connectivity index (χ1n) is 2.73. The maximum Gasteiger partial charge on any atom is 0.0666 e. The molecule has 0 rings (SSSR count). The summed E-state index contributed by atoms with van der Waals surface area (Å²) in [6.07, 6.45) is 1.96. The van der Waals surface area contributed by atoms with Gasteiger partial charge in [0.2, 0.25) is 0 Å². The maximum absolute atomic E-state index is 8.78. The molecule has 0 radical (unpaired) electrons. The molecule has 0 fully saturated rings. The van der Waals surface area contributed by atoms with Crippen LogP contribution in [0.25, 0.3) is 0 Å². The highest BCUT2D eigenvalue weighted by Gasteiger charge is 2.04. The summed E-state index contributed by atoms with van der Waals surface area (Å²) in [6, 6.07) is -0.146. The summed E-state index contributed by atoms with van der Waals surface area (Å²) in [5.74, 6) is 0. The summed E-state index contributed by atoms with van der Waals surface area (Å²) in [4.78, 5) is 0. The first-order valence-corrected chi connectivity index (χ1v) is 2.73. The Morgan fingerprint density at radius 1 is 1.88 bits per heavy atom. The zero-order chi connectivity index (χ0) is 6.57. The van der Waals surface area contributed by atoms with Gasteiger partial charge < -0.3 is 10.8 Å². The van der Waals surface area contributed by atoms with Gasteiger partial charge in [-0.05, 0) is 13.3 Å². The number of rotatable bonds is 3. The Morgan fingerprint density at radius 3 is 2.50 bits per heavy atom. The van der Waals surface area contributed by atoms with Crippen LogP contribution in [0.5, 0.6) is 0 Å². The second-order valence-corrected chi connectivity index (χ2v) is 1.93. The number of nitrogens with two attached hydrogens (primary N) is 1. The molecule has 0 aromatic carbocycles. The standard InChI is InChI=1S/C6H13NO/c1-3-4-6(7)5(2)8/h3,5-6,8H,1,4,7H2,2H3/t5-,6?/m0/s1. The van der Waals surface area contributed by atoms with Gasteiger partial charge in [0.05, 0.1) is 6.10 Å². The lowest BCUT2D eigenvalue weighted by Crippen LogP contribution is -2.31. The van der Waals surface area contributed by atoms with Crippen LogP contribution in [0.2, 0.25) is 0 Å². The summed E-state index contributed by atoms with van der Waals surface area (Å²) < 4.78 is 0. The SMILES string of the molecule is C=CCC(N)[C@H](C)O. The predicted octanol–water partition coefficient (Wildman–Crippen LogP) is 0.271. The Kier molecular flexibility index (Phi) is 3.48. The zero-order valence-electron chi connectivity index (χ0n) is 5.17. The van der Waals surface area contributed by atoms with Gasteiger partial charge in [-0.15, -0.1) is 6.58 Å². The Bertz CT molecular complexity index is 70.9.